The van der Waals surface area contributed by atoms with E-state index >= 15 is 0 Å². The molecule has 1 aromatic heterocycles. The molecule has 0 spiro atoms. The van der Waals surface area contributed by atoms with E-state index in [0.29, 0.717) is 12.1 Å². The Morgan fingerprint density at radius 2 is 2.22 bits per heavy atom. The fraction of sp³-hybridized carbons (Fsp3) is 0.615. The number of thiophene rings is 1. The first-order valence-corrected chi connectivity index (χ1v) is 7.30. The fourth-order valence-electron chi connectivity index (χ4n) is 2.48. The van der Waals surface area contributed by atoms with Crippen molar-refractivity contribution < 1.29 is 9.90 Å². The van der Waals surface area contributed by atoms with Crippen LogP contribution in [-0.2, 0) is 4.79 Å². The maximum absolute atomic E-state index is 10.9. The minimum absolute atomic E-state index is 0.0678. The Morgan fingerprint density at radius 1 is 1.50 bits per heavy atom. The molecule has 5 heteroatoms. The SMILES string of the molecule is NC1CCC(NC(CC(=O)O)c2cccs2)CC1. The summed E-state index contributed by atoms with van der Waals surface area (Å²) in [7, 11) is 0. The highest BCUT2D eigenvalue weighted by atomic mass is 32.1. The van der Waals surface area contributed by atoms with Crippen molar-refractivity contribution in [3.8, 4) is 0 Å². The predicted octanol–water partition coefficient (Wildman–Crippen LogP) is 2.12. The monoisotopic (exact) mass is 268 g/mol. The second kappa shape index (κ2) is 6.31. The van der Waals surface area contributed by atoms with Crippen LogP contribution in [-0.4, -0.2) is 23.2 Å². The molecule has 1 unspecified atom stereocenters. The highest BCUT2D eigenvalue weighted by molar-refractivity contribution is 7.10. The summed E-state index contributed by atoms with van der Waals surface area (Å²) in [5.74, 6) is -0.756. The summed E-state index contributed by atoms with van der Waals surface area (Å²) in [5.41, 5.74) is 5.88. The molecule has 1 saturated carbocycles. The summed E-state index contributed by atoms with van der Waals surface area (Å²) >= 11 is 1.61. The van der Waals surface area contributed by atoms with E-state index in [0.717, 1.165) is 30.6 Å². The van der Waals surface area contributed by atoms with Gasteiger partial charge in [0.05, 0.1) is 12.5 Å². The van der Waals surface area contributed by atoms with Crippen LogP contribution in [0.1, 0.15) is 43.0 Å². The predicted molar refractivity (Wildman–Crippen MR) is 72.7 cm³/mol. The van der Waals surface area contributed by atoms with E-state index < -0.39 is 5.97 Å². The molecule has 4 N–H and O–H groups in total. The number of carbonyl (C=O) groups is 1. The molecular weight excluding hydrogens is 248 g/mol. The lowest BCUT2D eigenvalue weighted by Crippen LogP contribution is -2.39. The first-order chi connectivity index (χ1) is 8.65. The smallest absolute Gasteiger partial charge is 0.305 e. The lowest BCUT2D eigenvalue weighted by Gasteiger charge is -2.30. The number of carboxylic acids is 1. The summed E-state index contributed by atoms with van der Waals surface area (Å²) < 4.78 is 0. The molecule has 0 saturated heterocycles. The summed E-state index contributed by atoms with van der Waals surface area (Å²) in [6.45, 7) is 0. The summed E-state index contributed by atoms with van der Waals surface area (Å²) in [4.78, 5) is 12.0. The van der Waals surface area contributed by atoms with Gasteiger partial charge in [-0.2, -0.15) is 0 Å². The molecule has 18 heavy (non-hydrogen) atoms. The molecule has 0 aromatic carbocycles. The van der Waals surface area contributed by atoms with Crippen LogP contribution < -0.4 is 11.1 Å². The number of carboxylic acid groups (broad SMARTS) is 1. The van der Waals surface area contributed by atoms with E-state index in [2.05, 4.69) is 5.32 Å². The van der Waals surface area contributed by atoms with Crippen LogP contribution in [0.15, 0.2) is 17.5 Å². The van der Waals surface area contributed by atoms with Crippen molar-refractivity contribution in [2.45, 2.75) is 50.2 Å². The van der Waals surface area contributed by atoms with Gasteiger partial charge >= 0.3 is 5.97 Å². The van der Waals surface area contributed by atoms with E-state index in [-0.39, 0.29) is 12.5 Å². The lowest BCUT2D eigenvalue weighted by molar-refractivity contribution is -0.137. The average Bonchev–Trinajstić information content (AvgIpc) is 2.84. The topological polar surface area (TPSA) is 75.3 Å². The van der Waals surface area contributed by atoms with Crippen LogP contribution in [0, 0.1) is 0 Å². The van der Waals surface area contributed by atoms with Gasteiger partial charge in [-0.15, -0.1) is 11.3 Å². The Morgan fingerprint density at radius 3 is 2.78 bits per heavy atom. The van der Waals surface area contributed by atoms with Gasteiger partial charge in [0.15, 0.2) is 0 Å². The number of nitrogens with one attached hydrogen (secondary N) is 1. The normalized spacial score (nSPS) is 25.8. The molecule has 0 amide bonds. The molecule has 1 aliphatic rings. The van der Waals surface area contributed by atoms with Crippen molar-refractivity contribution in [2.75, 3.05) is 0 Å². The van der Waals surface area contributed by atoms with Crippen LogP contribution in [0.2, 0.25) is 0 Å². The van der Waals surface area contributed by atoms with Gasteiger partial charge in [-0.3, -0.25) is 4.79 Å². The van der Waals surface area contributed by atoms with Gasteiger partial charge in [0.25, 0.3) is 0 Å². The van der Waals surface area contributed by atoms with Crippen LogP contribution in [0.4, 0.5) is 0 Å². The number of aliphatic carboxylic acids is 1. The van der Waals surface area contributed by atoms with Crippen molar-refractivity contribution >= 4 is 17.3 Å². The standard InChI is InChI=1S/C13H20N2O2S/c14-9-3-5-10(6-4-9)15-11(8-13(16)17)12-2-1-7-18-12/h1-2,7,9-11,15H,3-6,8,14H2,(H,16,17). The third kappa shape index (κ3) is 3.80. The lowest BCUT2D eigenvalue weighted by atomic mass is 9.91. The Hall–Kier alpha value is -0.910. The third-order valence-corrected chi connectivity index (χ3v) is 4.46. The Bertz CT molecular complexity index is 372. The molecule has 2 rings (SSSR count). The fourth-order valence-corrected chi connectivity index (χ4v) is 3.26. The average molecular weight is 268 g/mol. The van der Waals surface area contributed by atoms with Crippen molar-refractivity contribution in [2.24, 2.45) is 5.73 Å². The van der Waals surface area contributed by atoms with Crippen LogP contribution in [0.5, 0.6) is 0 Å². The van der Waals surface area contributed by atoms with Gasteiger partial charge in [0.2, 0.25) is 0 Å². The number of hydrogen-bond acceptors (Lipinski definition) is 4. The highest BCUT2D eigenvalue weighted by Crippen LogP contribution is 2.26. The van der Waals surface area contributed by atoms with E-state index in [1.54, 1.807) is 11.3 Å². The second-order valence-electron chi connectivity index (χ2n) is 4.94. The molecule has 0 bridgehead atoms. The van der Waals surface area contributed by atoms with E-state index in [4.69, 9.17) is 10.8 Å². The minimum atomic E-state index is -0.756. The molecule has 4 nitrogen and oxygen atoms in total. The zero-order chi connectivity index (χ0) is 13.0. The Labute approximate surface area is 111 Å². The first-order valence-electron chi connectivity index (χ1n) is 6.42. The van der Waals surface area contributed by atoms with Gasteiger partial charge < -0.3 is 16.2 Å². The van der Waals surface area contributed by atoms with Crippen molar-refractivity contribution in [3.63, 3.8) is 0 Å². The summed E-state index contributed by atoms with van der Waals surface area (Å²) in [5, 5.41) is 14.5. The number of nitrogens with two attached hydrogens (primary N) is 1. The molecule has 0 aliphatic heterocycles. The maximum Gasteiger partial charge on any atom is 0.305 e. The quantitative estimate of drug-likeness (QED) is 0.764. The van der Waals surface area contributed by atoms with Gasteiger partial charge in [0.1, 0.15) is 0 Å². The molecule has 100 valence electrons. The molecule has 1 fully saturated rings. The van der Waals surface area contributed by atoms with Crippen LogP contribution in [0.25, 0.3) is 0 Å². The van der Waals surface area contributed by atoms with Gasteiger partial charge in [0, 0.05) is 17.0 Å². The Kier molecular flexibility index (Phi) is 4.74. The molecule has 1 heterocycles. The molecule has 1 aromatic rings. The first kappa shape index (κ1) is 13.5. The van der Waals surface area contributed by atoms with Gasteiger partial charge in [-0.25, -0.2) is 0 Å². The van der Waals surface area contributed by atoms with Crippen molar-refractivity contribution in [3.05, 3.63) is 22.4 Å². The van der Waals surface area contributed by atoms with Crippen LogP contribution in [0.3, 0.4) is 0 Å². The summed E-state index contributed by atoms with van der Waals surface area (Å²) in [6.07, 6.45) is 4.29. The zero-order valence-electron chi connectivity index (χ0n) is 10.3. The van der Waals surface area contributed by atoms with E-state index in [9.17, 15) is 4.79 Å². The van der Waals surface area contributed by atoms with Crippen LogP contribution >= 0.6 is 11.3 Å². The third-order valence-electron chi connectivity index (χ3n) is 3.47. The van der Waals surface area contributed by atoms with Crippen molar-refractivity contribution in [1.29, 1.82) is 0 Å². The molecular formula is C13H20N2O2S. The Balaban J connectivity index is 1.95. The minimum Gasteiger partial charge on any atom is -0.481 e. The van der Waals surface area contributed by atoms with E-state index in [1.165, 1.54) is 0 Å². The second-order valence-corrected chi connectivity index (χ2v) is 5.92. The van der Waals surface area contributed by atoms with E-state index in [1.807, 2.05) is 17.5 Å². The molecule has 1 atom stereocenters. The largest absolute Gasteiger partial charge is 0.481 e. The highest BCUT2D eigenvalue weighted by Gasteiger charge is 2.23. The molecule has 1 aliphatic carbocycles. The molecule has 0 radical (unpaired) electrons. The zero-order valence-corrected chi connectivity index (χ0v) is 11.2. The number of rotatable bonds is 5. The van der Waals surface area contributed by atoms with Gasteiger partial charge in [-0.1, -0.05) is 6.07 Å². The summed E-state index contributed by atoms with van der Waals surface area (Å²) in [6, 6.07) is 4.62. The number of hydrogen-bond donors (Lipinski definition) is 3. The maximum atomic E-state index is 10.9. The van der Waals surface area contributed by atoms with Gasteiger partial charge in [-0.05, 0) is 37.1 Å². The van der Waals surface area contributed by atoms with Crippen molar-refractivity contribution in [1.82, 2.24) is 5.32 Å².